The van der Waals surface area contributed by atoms with Crippen LogP contribution in [-0.4, -0.2) is 4.98 Å². The summed E-state index contributed by atoms with van der Waals surface area (Å²) < 4.78 is 5.61. The molecular formula is C13H14N2O. The predicted molar refractivity (Wildman–Crippen MR) is 64.2 cm³/mol. The van der Waals surface area contributed by atoms with Gasteiger partial charge in [0, 0.05) is 11.8 Å². The summed E-state index contributed by atoms with van der Waals surface area (Å²) in [7, 11) is 0. The highest BCUT2D eigenvalue weighted by molar-refractivity contribution is 5.38. The van der Waals surface area contributed by atoms with Crippen molar-refractivity contribution in [1.29, 1.82) is 0 Å². The zero-order valence-corrected chi connectivity index (χ0v) is 9.18. The molecule has 2 aromatic rings. The molecule has 0 fully saturated rings. The van der Waals surface area contributed by atoms with Gasteiger partial charge in [0.05, 0.1) is 0 Å². The average Bonchev–Trinajstić information content (AvgIpc) is 2.30. The second-order valence-corrected chi connectivity index (χ2v) is 3.65. The number of hydrogen-bond acceptors (Lipinski definition) is 3. The second-order valence-electron chi connectivity index (χ2n) is 3.65. The number of hydrogen-bond donors (Lipinski definition) is 1. The Kier molecular flexibility index (Phi) is 3.05. The highest BCUT2D eigenvalue weighted by Crippen LogP contribution is 2.15. The van der Waals surface area contributed by atoms with Crippen molar-refractivity contribution < 1.29 is 4.74 Å². The minimum absolute atomic E-state index is 0.447. The molecule has 0 amide bonds. The van der Waals surface area contributed by atoms with Gasteiger partial charge in [0.2, 0.25) is 0 Å². The van der Waals surface area contributed by atoms with Crippen LogP contribution in [0.3, 0.4) is 0 Å². The van der Waals surface area contributed by atoms with E-state index in [0.29, 0.717) is 12.4 Å². The minimum Gasteiger partial charge on any atom is -0.489 e. The van der Waals surface area contributed by atoms with Crippen molar-refractivity contribution in [2.75, 3.05) is 5.73 Å². The topological polar surface area (TPSA) is 48.1 Å². The number of anilines is 1. The Hall–Kier alpha value is -2.03. The summed E-state index contributed by atoms with van der Waals surface area (Å²) in [6.07, 6.45) is 1.67. The van der Waals surface area contributed by atoms with Crippen LogP contribution in [0.1, 0.15) is 11.1 Å². The fourth-order valence-corrected chi connectivity index (χ4v) is 1.37. The number of nitrogen functional groups attached to an aromatic ring is 1. The van der Waals surface area contributed by atoms with Crippen LogP contribution in [0.2, 0.25) is 0 Å². The smallest absolute Gasteiger partial charge is 0.129 e. The van der Waals surface area contributed by atoms with E-state index < -0.39 is 0 Å². The van der Waals surface area contributed by atoms with Crippen molar-refractivity contribution in [2.45, 2.75) is 13.5 Å². The molecule has 0 aliphatic carbocycles. The Balaban J connectivity index is 2.02. The standard InChI is InChI=1S/C13H14N2O/c1-10-4-6-12(7-5-10)16-9-11-3-2-8-15-13(11)14/h2-8H,9H2,1H3,(H2,14,15). The summed E-state index contributed by atoms with van der Waals surface area (Å²) in [5, 5.41) is 0. The van der Waals surface area contributed by atoms with Crippen LogP contribution in [0.4, 0.5) is 5.82 Å². The van der Waals surface area contributed by atoms with Gasteiger partial charge in [0.25, 0.3) is 0 Å². The Morgan fingerprint density at radius 2 is 1.94 bits per heavy atom. The van der Waals surface area contributed by atoms with Gasteiger partial charge in [-0.1, -0.05) is 23.8 Å². The van der Waals surface area contributed by atoms with Gasteiger partial charge in [-0.25, -0.2) is 4.98 Å². The van der Waals surface area contributed by atoms with Crippen LogP contribution < -0.4 is 10.5 Å². The van der Waals surface area contributed by atoms with E-state index in [1.54, 1.807) is 6.20 Å². The summed E-state index contributed by atoms with van der Waals surface area (Å²) in [4.78, 5) is 4.00. The molecule has 1 aromatic carbocycles. The van der Waals surface area contributed by atoms with Crippen LogP contribution in [0.5, 0.6) is 5.75 Å². The van der Waals surface area contributed by atoms with Gasteiger partial charge in [-0.2, -0.15) is 0 Å². The summed E-state index contributed by atoms with van der Waals surface area (Å²) in [5.74, 6) is 1.36. The molecule has 82 valence electrons. The van der Waals surface area contributed by atoms with Crippen LogP contribution in [0, 0.1) is 6.92 Å². The van der Waals surface area contributed by atoms with Crippen molar-refractivity contribution in [2.24, 2.45) is 0 Å². The maximum absolute atomic E-state index is 5.72. The van der Waals surface area contributed by atoms with Crippen molar-refractivity contribution >= 4 is 5.82 Å². The van der Waals surface area contributed by atoms with Gasteiger partial charge in [-0.15, -0.1) is 0 Å². The lowest BCUT2D eigenvalue weighted by atomic mass is 10.2. The van der Waals surface area contributed by atoms with Gasteiger partial charge < -0.3 is 10.5 Å². The second kappa shape index (κ2) is 4.66. The molecule has 0 saturated heterocycles. The maximum atomic E-state index is 5.72. The molecule has 0 radical (unpaired) electrons. The SMILES string of the molecule is Cc1ccc(OCc2cccnc2N)cc1. The quantitative estimate of drug-likeness (QED) is 0.854. The molecule has 3 nitrogen and oxygen atoms in total. The first-order valence-corrected chi connectivity index (χ1v) is 5.14. The third-order valence-electron chi connectivity index (χ3n) is 2.34. The largest absolute Gasteiger partial charge is 0.489 e. The molecule has 0 saturated carbocycles. The monoisotopic (exact) mass is 214 g/mol. The molecule has 3 heteroatoms. The molecule has 1 heterocycles. The highest BCUT2D eigenvalue weighted by atomic mass is 16.5. The minimum atomic E-state index is 0.447. The molecule has 0 aliphatic heterocycles. The fraction of sp³-hybridized carbons (Fsp3) is 0.154. The lowest BCUT2D eigenvalue weighted by Crippen LogP contribution is -2.01. The molecule has 1 aromatic heterocycles. The third kappa shape index (κ3) is 2.51. The van der Waals surface area contributed by atoms with Crippen molar-refractivity contribution in [3.05, 3.63) is 53.7 Å². The van der Waals surface area contributed by atoms with E-state index in [-0.39, 0.29) is 0 Å². The summed E-state index contributed by atoms with van der Waals surface area (Å²) >= 11 is 0. The zero-order valence-electron chi connectivity index (χ0n) is 9.18. The number of ether oxygens (including phenoxy) is 1. The average molecular weight is 214 g/mol. The van der Waals surface area contributed by atoms with Gasteiger partial charge in [0.1, 0.15) is 18.2 Å². The summed E-state index contributed by atoms with van der Waals surface area (Å²) in [5.41, 5.74) is 7.84. The Labute approximate surface area is 94.9 Å². The summed E-state index contributed by atoms with van der Waals surface area (Å²) in [6, 6.07) is 11.7. The molecule has 0 spiro atoms. The number of benzene rings is 1. The number of pyridine rings is 1. The molecule has 2 N–H and O–H groups in total. The fourth-order valence-electron chi connectivity index (χ4n) is 1.37. The maximum Gasteiger partial charge on any atom is 0.129 e. The van der Waals surface area contributed by atoms with E-state index in [0.717, 1.165) is 11.3 Å². The first kappa shape index (κ1) is 10.5. The van der Waals surface area contributed by atoms with Crippen LogP contribution in [0.15, 0.2) is 42.6 Å². The lowest BCUT2D eigenvalue weighted by Gasteiger charge is -2.07. The zero-order chi connectivity index (χ0) is 11.4. The molecule has 0 bridgehead atoms. The first-order valence-electron chi connectivity index (χ1n) is 5.14. The lowest BCUT2D eigenvalue weighted by molar-refractivity contribution is 0.306. The molecule has 16 heavy (non-hydrogen) atoms. The molecule has 0 atom stereocenters. The van der Waals surface area contributed by atoms with E-state index in [2.05, 4.69) is 4.98 Å². The van der Waals surface area contributed by atoms with Gasteiger partial charge in [-0.05, 0) is 25.1 Å². The van der Waals surface area contributed by atoms with E-state index in [1.807, 2.05) is 43.3 Å². The normalized spacial score (nSPS) is 10.1. The number of nitrogens with two attached hydrogens (primary N) is 1. The third-order valence-corrected chi connectivity index (χ3v) is 2.34. The van der Waals surface area contributed by atoms with Gasteiger partial charge in [-0.3, -0.25) is 0 Å². The van der Waals surface area contributed by atoms with E-state index in [1.165, 1.54) is 5.56 Å². The Morgan fingerprint density at radius 3 is 2.62 bits per heavy atom. The predicted octanol–water partition coefficient (Wildman–Crippen LogP) is 2.55. The van der Waals surface area contributed by atoms with E-state index in [9.17, 15) is 0 Å². The van der Waals surface area contributed by atoms with E-state index in [4.69, 9.17) is 10.5 Å². The molecule has 2 rings (SSSR count). The number of rotatable bonds is 3. The van der Waals surface area contributed by atoms with Crippen molar-refractivity contribution in [3.8, 4) is 5.75 Å². The van der Waals surface area contributed by atoms with Crippen LogP contribution in [-0.2, 0) is 6.61 Å². The number of nitrogens with zero attached hydrogens (tertiary/aromatic N) is 1. The molecule has 0 unspecified atom stereocenters. The number of aromatic nitrogens is 1. The first-order chi connectivity index (χ1) is 7.75. The van der Waals surface area contributed by atoms with Gasteiger partial charge in [0.15, 0.2) is 0 Å². The Bertz CT molecular complexity index is 466. The highest BCUT2D eigenvalue weighted by Gasteiger charge is 2.00. The van der Waals surface area contributed by atoms with Crippen molar-refractivity contribution in [1.82, 2.24) is 4.98 Å². The van der Waals surface area contributed by atoms with E-state index >= 15 is 0 Å². The van der Waals surface area contributed by atoms with Crippen LogP contribution >= 0.6 is 0 Å². The van der Waals surface area contributed by atoms with Crippen molar-refractivity contribution in [3.63, 3.8) is 0 Å². The Morgan fingerprint density at radius 1 is 1.19 bits per heavy atom. The molecule has 0 aliphatic rings. The molecular weight excluding hydrogens is 200 g/mol. The number of aryl methyl sites for hydroxylation is 1. The van der Waals surface area contributed by atoms with Crippen LogP contribution in [0.25, 0.3) is 0 Å². The summed E-state index contributed by atoms with van der Waals surface area (Å²) in [6.45, 7) is 2.49. The van der Waals surface area contributed by atoms with Gasteiger partial charge >= 0.3 is 0 Å².